The minimum absolute atomic E-state index is 0.0754. The number of esters is 1. The van der Waals surface area contributed by atoms with E-state index in [-0.39, 0.29) is 19.5 Å². The molecule has 0 atom stereocenters. The number of rotatable bonds is 2. The lowest BCUT2D eigenvalue weighted by Crippen LogP contribution is -2.25. The minimum Gasteiger partial charge on any atom is -0.460 e. The van der Waals surface area contributed by atoms with Crippen molar-refractivity contribution in [3.63, 3.8) is 0 Å². The Kier molecular flexibility index (Phi) is 4.02. The van der Waals surface area contributed by atoms with E-state index in [1.807, 2.05) is 20.8 Å². The highest BCUT2D eigenvalue weighted by Gasteiger charge is 2.16. The fourth-order valence-electron chi connectivity index (χ4n) is 0.632. The second-order valence-corrected chi connectivity index (χ2v) is 6.30. The SMILES string of the molecule is CP(C)CC(=O)OC(C)(C)C. The first-order chi connectivity index (χ1) is 4.81. The van der Waals surface area contributed by atoms with Crippen LogP contribution in [0.4, 0.5) is 0 Å². The Morgan fingerprint density at radius 2 is 1.82 bits per heavy atom. The van der Waals surface area contributed by atoms with E-state index in [0.29, 0.717) is 6.16 Å². The Morgan fingerprint density at radius 3 is 2.09 bits per heavy atom. The summed E-state index contributed by atoms with van der Waals surface area (Å²) in [6.45, 7) is 9.80. The predicted molar refractivity (Wildman–Crippen MR) is 49.5 cm³/mol. The Balaban J connectivity index is 3.71. The number of carbonyl (C=O) groups excluding carboxylic acids is 1. The summed E-state index contributed by atoms with van der Waals surface area (Å²) in [5.74, 6) is -0.0754. The minimum atomic E-state index is -0.331. The summed E-state index contributed by atoms with van der Waals surface area (Å²) in [7, 11) is -0.167. The fourth-order valence-corrected chi connectivity index (χ4v) is 1.21. The first-order valence-electron chi connectivity index (χ1n) is 3.68. The van der Waals surface area contributed by atoms with Gasteiger partial charge in [0.2, 0.25) is 0 Å². The van der Waals surface area contributed by atoms with Crippen LogP contribution < -0.4 is 0 Å². The van der Waals surface area contributed by atoms with E-state index in [0.717, 1.165) is 0 Å². The van der Waals surface area contributed by atoms with E-state index in [2.05, 4.69) is 13.3 Å². The highest BCUT2D eigenvalue weighted by atomic mass is 31.1. The lowest BCUT2D eigenvalue weighted by molar-refractivity contribution is -0.151. The van der Waals surface area contributed by atoms with Crippen molar-refractivity contribution in [2.75, 3.05) is 19.5 Å². The van der Waals surface area contributed by atoms with Gasteiger partial charge in [0.15, 0.2) is 0 Å². The smallest absolute Gasteiger partial charge is 0.310 e. The lowest BCUT2D eigenvalue weighted by atomic mass is 10.2. The molecule has 0 saturated carbocycles. The van der Waals surface area contributed by atoms with Crippen LogP contribution in [-0.2, 0) is 9.53 Å². The van der Waals surface area contributed by atoms with Crippen LogP contribution in [0.2, 0.25) is 0 Å². The van der Waals surface area contributed by atoms with Crippen LogP contribution in [-0.4, -0.2) is 31.1 Å². The van der Waals surface area contributed by atoms with Crippen molar-refractivity contribution in [3.05, 3.63) is 0 Å². The van der Waals surface area contributed by atoms with Gasteiger partial charge in [0, 0.05) is 0 Å². The summed E-state index contributed by atoms with van der Waals surface area (Å²) in [6, 6.07) is 0. The molecule has 3 heteroatoms. The van der Waals surface area contributed by atoms with Crippen LogP contribution in [0.25, 0.3) is 0 Å². The van der Waals surface area contributed by atoms with Crippen molar-refractivity contribution in [2.24, 2.45) is 0 Å². The van der Waals surface area contributed by atoms with Crippen LogP contribution in [0.3, 0.4) is 0 Å². The molecule has 0 aromatic heterocycles. The van der Waals surface area contributed by atoms with E-state index < -0.39 is 0 Å². The molecule has 0 N–H and O–H groups in total. The zero-order valence-corrected chi connectivity index (χ0v) is 8.87. The van der Waals surface area contributed by atoms with Crippen LogP contribution in [0.5, 0.6) is 0 Å². The van der Waals surface area contributed by atoms with Crippen molar-refractivity contribution < 1.29 is 9.53 Å². The highest BCUT2D eigenvalue weighted by Crippen LogP contribution is 2.24. The summed E-state index contributed by atoms with van der Waals surface area (Å²) in [5.41, 5.74) is -0.331. The maximum atomic E-state index is 11.1. The van der Waals surface area contributed by atoms with Crippen molar-refractivity contribution in [2.45, 2.75) is 26.4 Å². The van der Waals surface area contributed by atoms with Gasteiger partial charge in [-0.15, -0.1) is 7.92 Å². The number of carbonyl (C=O) groups is 1. The fraction of sp³-hybridized carbons (Fsp3) is 0.875. The molecule has 0 rings (SSSR count). The summed E-state index contributed by atoms with van der Waals surface area (Å²) in [5, 5.41) is 0. The van der Waals surface area contributed by atoms with Gasteiger partial charge in [-0.25, -0.2) is 0 Å². The summed E-state index contributed by atoms with van der Waals surface area (Å²) in [4.78, 5) is 11.1. The Labute approximate surface area is 70.1 Å². The molecular formula is C8H17O2P. The molecule has 0 fully saturated rings. The molecule has 0 saturated heterocycles. The van der Waals surface area contributed by atoms with Crippen LogP contribution in [0, 0.1) is 0 Å². The average molecular weight is 176 g/mol. The molecule has 0 amide bonds. The van der Waals surface area contributed by atoms with E-state index in [9.17, 15) is 4.79 Å². The third kappa shape index (κ3) is 7.80. The molecular weight excluding hydrogens is 159 g/mol. The lowest BCUT2D eigenvalue weighted by Gasteiger charge is -2.20. The van der Waals surface area contributed by atoms with Gasteiger partial charge < -0.3 is 4.74 Å². The number of hydrogen-bond acceptors (Lipinski definition) is 2. The molecule has 0 unspecified atom stereocenters. The molecule has 0 spiro atoms. The second kappa shape index (κ2) is 4.06. The molecule has 0 bridgehead atoms. The van der Waals surface area contributed by atoms with Crippen LogP contribution in [0.15, 0.2) is 0 Å². The highest BCUT2D eigenvalue weighted by molar-refractivity contribution is 7.56. The molecule has 0 aromatic carbocycles. The van der Waals surface area contributed by atoms with Crippen LogP contribution in [0.1, 0.15) is 20.8 Å². The number of hydrogen-bond donors (Lipinski definition) is 0. The van der Waals surface area contributed by atoms with Crippen molar-refractivity contribution in [1.29, 1.82) is 0 Å². The largest absolute Gasteiger partial charge is 0.460 e. The average Bonchev–Trinajstić information content (AvgIpc) is 1.53. The Hall–Kier alpha value is -0.100. The number of ether oxygens (including phenoxy) is 1. The van der Waals surface area contributed by atoms with E-state index in [1.54, 1.807) is 0 Å². The quantitative estimate of drug-likeness (QED) is 0.475. The van der Waals surface area contributed by atoms with E-state index >= 15 is 0 Å². The predicted octanol–water partition coefficient (Wildman–Crippen LogP) is 2.07. The van der Waals surface area contributed by atoms with Gasteiger partial charge in [-0.1, -0.05) is 0 Å². The van der Waals surface area contributed by atoms with E-state index in [1.165, 1.54) is 0 Å². The molecule has 0 aliphatic rings. The third-order valence-corrected chi connectivity index (χ3v) is 1.76. The molecule has 0 aliphatic heterocycles. The standard InChI is InChI=1S/C8H17O2P/c1-8(2,3)10-7(9)6-11(4)5/h6H2,1-5H3. The first-order valence-corrected chi connectivity index (χ1v) is 6.10. The Bertz CT molecular complexity index is 136. The molecule has 66 valence electrons. The van der Waals surface area contributed by atoms with Crippen LogP contribution >= 0.6 is 7.92 Å². The van der Waals surface area contributed by atoms with Gasteiger partial charge in [-0.3, -0.25) is 4.79 Å². The van der Waals surface area contributed by atoms with Gasteiger partial charge in [0.05, 0.1) is 6.16 Å². The molecule has 0 radical (unpaired) electrons. The summed E-state index contributed by atoms with van der Waals surface area (Å²) in [6.07, 6.45) is 0.576. The van der Waals surface area contributed by atoms with Gasteiger partial charge >= 0.3 is 5.97 Å². The van der Waals surface area contributed by atoms with Gasteiger partial charge in [-0.05, 0) is 34.1 Å². The molecule has 0 heterocycles. The zero-order valence-electron chi connectivity index (χ0n) is 7.97. The zero-order chi connectivity index (χ0) is 9.07. The van der Waals surface area contributed by atoms with Crippen molar-refractivity contribution >= 4 is 13.9 Å². The van der Waals surface area contributed by atoms with Crippen molar-refractivity contribution in [1.82, 2.24) is 0 Å². The van der Waals surface area contributed by atoms with Gasteiger partial charge in [-0.2, -0.15) is 0 Å². The summed E-state index contributed by atoms with van der Waals surface area (Å²) < 4.78 is 5.13. The molecule has 0 aromatic rings. The summed E-state index contributed by atoms with van der Waals surface area (Å²) >= 11 is 0. The molecule has 11 heavy (non-hydrogen) atoms. The Morgan fingerprint density at radius 1 is 1.36 bits per heavy atom. The van der Waals surface area contributed by atoms with E-state index in [4.69, 9.17) is 4.74 Å². The third-order valence-electron chi connectivity index (χ3n) is 0.865. The maximum Gasteiger partial charge on any atom is 0.310 e. The second-order valence-electron chi connectivity index (χ2n) is 3.82. The maximum absolute atomic E-state index is 11.1. The van der Waals surface area contributed by atoms with Gasteiger partial charge in [0.25, 0.3) is 0 Å². The van der Waals surface area contributed by atoms with Gasteiger partial charge in [0.1, 0.15) is 5.60 Å². The first kappa shape index (κ1) is 10.9. The molecule has 2 nitrogen and oxygen atoms in total. The monoisotopic (exact) mass is 176 g/mol. The molecule has 0 aliphatic carbocycles. The van der Waals surface area contributed by atoms with Crippen molar-refractivity contribution in [3.8, 4) is 0 Å². The topological polar surface area (TPSA) is 26.3 Å². The normalized spacial score (nSPS) is 11.8.